The molecule has 0 aliphatic heterocycles. The predicted molar refractivity (Wildman–Crippen MR) is 67.3 cm³/mol. The van der Waals surface area contributed by atoms with Crippen LogP contribution in [0.1, 0.15) is 5.82 Å². The lowest BCUT2D eigenvalue weighted by Gasteiger charge is -2.16. The van der Waals surface area contributed by atoms with Gasteiger partial charge in [0.25, 0.3) is 0 Å². The molecule has 2 aromatic rings. The summed E-state index contributed by atoms with van der Waals surface area (Å²) in [5.74, 6) is 1.96. The zero-order valence-corrected chi connectivity index (χ0v) is 10.2. The standard InChI is InChI=1S/C11H15ClN4/c1-15(2)10-5-3-4-8-11(12)14-9(6-7-13)16(8)10/h3-5H,6-7,13H2,1-2H3. The van der Waals surface area contributed by atoms with Crippen LogP contribution in [0.4, 0.5) is 5.82 Å². The van der Waals surface area contributed by atoms with Gasteiger partial charge in [0.15, 0.2) is 5.15 Å². The van der Waals surface area contributed by atoms with Crippen molar-refractivity contribution in [3.63, 3.8) is 0 Å². The van der Waals surface area contributed by atoms with Crippen LogP contribution in [0.25, 0.3) is 5.52 Å². The molecule has 0 atom stereocenters. The third-order valence-electron chi connectivity index (χ3n) is 2.49. The van der Waals surface area contributed by atoms with Crippen LogP contribution < -0.4 is 10.6 Å². The molecule has 2 N–H and O–H groups in total. The number of hydrogen-bond acceptors (Lipinski definition) is 3. The molecule has 0 aliphatic rings. The fourth-order valence-corrected chi connectivity index (χ4v) is 2.04. The number of nitrogens with two attached hydrogens (primary N) is 1. The summed E-state index contributed by atoms with van der Waals surface area (Å²) in [6, 6.07) is 5.97. The van der Waals surface area contributed by atoms with Crippen molar-refractivity contribution in [3.8, 4) is 0 Å². The van der Waals surface area contributed by atoms with Crippen molar-refractivity contribution >= 4 is 22.9 Å². The van der Waals surface area contributed by atoms with Crippen molar-refractivity contribution < 1.29 is 0 Å². The molecule has 2 aromatic heterocycles. The van der Waals surface area contributed by atoms with E-state index in [0.29, 0.717) is 11.7 Å². The van der Waals surface area contributed by atoms with E-state index in [1.807, 2.05) is 37.2 Å². The number of rotatable bonds is 3. The molecule has 16 heavy (non-hydrogen) atoms. The van der Waals surface area contributed by atoms with E-state index in [0.717, 1.165) is 23.6 Å². The first kappa shape index (κ1) is 11.2. The minimum absolute atomic E-state index is 0.534. The van der Waals surface area contributed by atoms with Crippen molar-refractivity contribution in [2.24, 2.45) is 5.73 Å². The van der Waals surface area contributed by atoms with Gasteiger partial charge in [0.2, 0.25) is 0 Å². The number of nitrogens with zero attached hydrogens (tertiary/aromatic N) is 3. The SMILES string of the molecule is CN(C)c1cccc2c(Cl)nc(CCN)n12. The van der Waals surface area contributed by atoms with E-state index in [-0.39, 0.29) is 0 Å². The smallest absolute Gasteiger partial charge is 0.155 e. The first-order chi connectivity index (χ1) is 7.65. The van der Waals surface area contributed by atoms with Gasteiger partial charge in [-0.15, -0.1) is 0 Å². The van der Waals surface area contributed by atoms with E-state index < -0.39 is 0 Å². The Morgan fingerprint density at radius 2 is 2.19 bits per heavy atom. The molecule has 0 fully saturated rings. The van der Waals surface area contributed by atoms with Crippen molar-refractivity contribution in [3.05, 3.63) is 29.2 Å². The molecule has 0 bridgehead atoms. The van der Waals surface area contributed by atoms with Crippen LogP contribution in [0, 0.1) is 0 Å². The Labute approximate surface area is 99.6 Å². The van der Waals surface area contributed by atoms with Gasteiger partial charge in [0, 0.05) is 20.5 Å². The van der Waals surface area contributed by atoms with Crippen LogP contribution in [0.2, 0.25) is 5.15 Å². The quantitative estimate of drug-likeness (QED) is 0.883. The molecule has 4 nitrogen and oxygen atoms in total. The maximum absolute atomic E-state index is 6.10. The third-order valence-corrected chi connectivity index (χ3v) is 2.77. The maximum atomic E-state index is 6.10. The fraction of sp³-hybridized carbons (Fsp3) is 0.364. The first-order valence-corrected chi connectivity index (χ1v) is 5.56. The topological polar surface area (TPSA) is 46.6 Å². The summed E-state index contributed by atoms with van der Waals surface area (Å²) in [5, 5.41) is 0.534. The molecule has 0 amide bonds. The Morgan fingerprint density at radius 3 is 2.81 bits per heavy atom. The minimum atomic E-state index is 0.534. The number of halogens is 1. The van der Waals surface area contributed by atoms with E-state index in [9.17, 15) is 0 Å². The molecule has 2 rings (SSSR count). The molecule has 2 heterocycles. The lowest BCUT2D eigenvalue weighted by atomic mass is 10.3. The average molecular weight is 239 g/mol. The Hall–Kier alpha value is -1.26. The lowest BCUT2D eigenvalue weighted by molar-refractivity contribution is 0.853. The number of pyridine rings is 1. The van der Waals surface area contributed by atoms with E-state index in [4.69, 9.17) is 17.3 Å². The highest BCUT2D eigenvalue weighted by molar-refractivity contribution is 6.32. The van der Waals surface area contributed by atoms with Crippen LogP contribution in [-0.4, -0.2) is 30.0 Å². The zero-order chi connectivity index (χ0) is 11.7. The van der Waals surface area contributed by atoms with Gasteiger partial charge in [0.05, 0.1) is 5.52 Å². The molecular formula is C11H15ClN4. The molecule has 0 aliphatic carbocycles. The lowest BCUT2D eigenvalue weighted by Crippen LogP contribution is -2.15. The van der Waals surface area contributed by atoms with Gasteiger partial charge in [-0.05, 0) is 18.7 Å². The average Bonchev–Trinajstić information content (AvgIpc) is 2.57. The first-order valence-electron chi connectivity index (χ1n) is 5.18. The molecule has 0 spiro atoms. The van der Waals surface area contributed by atoms with Crippen molar-refractivity contribution in [1.82, 2.24) is 9.38 Å². The molecule has 86 valence electrons. The second-order valence-electron chi connectivity index (χ2n) is 3.86. The van der Waals surface area contributed by atoms with Gasteiger partial charge in [-0.2, -0.15) is 0 Å². The highest BCUT2D eigenvalue weighted by Gasteiger charge is 2.12. The van der Waals surface area contributed by atoms with Crippen LogP contribution in [0.5, 0.6) is 0 Å². The Kier molecular flexibility index (Phi) is 3.03. The minimum Gasteiger partial charge on any atom is -0.364 e. The summed E-state index contributed by atoms with van der Waals surface area (Å²) in [6.45, 7) is 0.567. The van der Waals surface area contributed by atoms with Gasteiger partial charge in [-0.25, -0.2) is 4.98 Å². The number of aromatic nitrogens is 2. The molecular weight excluding hydrogens is 224 g/mol. The van der Waals surface area contributed by atoms with Crippen LogP contribution in [0.3, 0.4) is 0 Å². The zero-order valence-electron chi connectivity index (χ0n) is 9.44. The van der Waals surface area contributed by atoms with Gasteiger partial charge in [-0.3, -0.25) is 4.40 Å². The van der Waals surface area contributed by atoms with Gasteiger partial charge in [-0.1, -0.05) is 17.7 Å². The molecule has 0 aromatic carbocycles. The Balaban J connectivity index is 2.72. The van der Waals surface area contributed by atoms with Crippen LogP contribution >= 0.6 is 11.6 Å². The second kappa shape index (κ2) is 4.31. The largest absolute Gasteiger partial charge is 0.364 e. The van der Waals surface area contributed by atoms with Gasteiger partial charge < -0.3 is 10.6 Å². The Morgan fingerprint density at radius 1 is 1.44 bits per heavy atom. The summed E-state index contributed by atoms with van der Waals surface area (Å²) in [6.07, 6.45) is 0.721. The maximum Gasteiger partial charge on any atom is 0.155 e. The summed E-state index contributed by atoms with van der Waals surface area (Å²) in [7, 11) is 3.99. The third kappa shape index (κ3) is 1.74. The van der Waals surface area contributed by atoms with Crippen molar-refractivity contribution in [1.29, 1.82) is 0 Å². The van der Waals surface area contributed by atoms with Crippen LogP contribution in [0.15, 0.2) is 18.2 Å². The van der Waals surface area contributed by atoms with E-state index in [1.165, 1.54) is 0 Å². The predicted octanol–water partition coefficient (Wildman–Crippen LogP) is 1.55. The van der Waals surface area contributed by atoms with Crippen LogP contribution in [-0.2, 0) is 6.42 Å². The summed E-state index contributed by atoms with van der Waals surface area (Å²) in [4.78, 5) is 6.38. The highest BCUT2D eigenvalue weighted by atomic mass is 35.5. The van der Waals surface area contributed by atoms with E-state index >= 15 is 0 Å². The van der Waals surface area contributed by atoms with E-state index in [2.05, 4.69) is 9.38 Å². The molecule has 5 heteroatoms. The summed E-state index contributed by atoms with van der Waals surface area (Å²) >= 11 is 6.10. The number of anilines is 1. The van der Waals surface area contributed by atoms with Gasteiger partial charge in [0.1, 0.15) is 11.6 Å². The van der Waals surface area contributed by atoms with Gasteiger partial charge >= 0.3 is 0 Å². The van der Waals surface area contributed by atoms with E-state index in [1.54, 1.807) is 0 Å². The van der Waals surface area contributed by atoms with Crippen molar-refractivity contribution in [2.45, 2.75) is 6.42 Å². The normalized spacial score (nSPS) is 11.0. The monoisotopic (exact) mass is 238 g/mol. The number of hydrogen-bond donors (Lipinski definition) is 1. The summed E-state index contributed by atoms with van der Waals surface area (Å²) in [5.41, 5.74) is 6.50. The Bertz CT molecular complexity index is 504. The summed E-state index contributed by atoms with van der Waals surface area (Å²) < 4.78 is 2.05. The number of fused-ring (bicyclic) bond motifs is 1. The molecule has 0 radical (unpaired) electrons. The number of imidazole rings is 1. The molecule has 0 saturated carbocycles. The molecule has 0 unspecified atom stereocenters. The highest BCUT2D eigenvalue weighted by Crippen LogP contribution is 2.24. The fourth-order valence-electron chi connectivity index (χ4n) is 1.80. The second-order valence-corrected chi connectivity index (χ2v) is 4.21. The molecule has 0 saturated heterocycles. The van der Waals surface area contributed by atoms with Crippen molar-refractivity contribution in [2.75, 3.05) is 25.5 Å².